The molecule has 0 radical (unpaired) electrons. The Labute approximate surface area is 262 Å². The van der Waals surface area contributed by atoms with Crippen LogP contribution in [0.15, 0.2) is 67.0 Å². The molecule has 0 unspecified atom stereocenters. The van der Waals surface area contributed by atoms with Gasteiger partial charge in [0.25, 0.3) is 0 Å². The van der Waals surface area contributed by atoms with Crippen molar-refractivity contribution in [1.29, 1.82) is 0 Å². The molecule has 0 spiro atoms. The summed E-state index contributed by atoms with van der Waals surface area (Å²) in [7, 11) is 0. The zero-order valence-corrected chi connectivity index (χ0v) is 24.6. The van der Waals surface area contributed by atoms with Crippen LogP contribution in [0.25, 0.3) is 21.9 Å². The average Bonchev–Trinajstić information content (AvgIpc) is 2.80. The van der Waals surface area contributed by atoms with E-state index in [1.165, 1.54) is 36.4 Å². The number of rotatable bonds is 8. The normalized spacial score (nSPS) is 9.69. The number of fused-ring (bicyclic) bond motifs is 2. The van der Waals surface area contributed by atoms with Gasteiger partial charge in [0, 0.05) is 12.1 Å². The number of aliphatic hydroxyl groups excluding tert-OH is 1. The van der Waals surface area contributed by atoms with Crippen molar-refractivity contribution >= 4 is 33.9 Å². The van der Waals surface area contributed by atoms with Crippen molar-refractivity contribution in [2.24, 2.45) is 0 Å². The number of carbonyl (C=O) groups is 2. The molecule has 2 aromatic carbocycles. The van der Waals surface area contributed by atoms with E-state index in [2.05, 4.69) is 0 Å². The van der Waals surface area contributed by atoms with Crippen molar-refractivity contribution in [2.75, 3.05) is 13.2 Å². The summed E-state index contributed by atoms with van der Waals surface area (Å²) >= 11 is 0. The molecule has 0 amide bonds. The molecule has 0 aliphatic rings. The first-order valence-electron chi connectivity index (χ1n) is 9.74. The molecule has 2 heterocycles. The molecule has 0 fully saturated rings. The Morgan fingerprint density at radius 1 is 0.744 bits per heavy atom. The number of carboxylic acid groups (broad SMARTS) is 2. The minimum Gasteiger partial charge on any atom is -0.542 e. The molecular formula is C23H20Na2O14. The Bertz CT molecular complexity index is 1430. The minimum absolute atomic E-state index is 0. The predicted molar refractivity (Wildman–Crippen MR) is 121 cm³/mol. The number of benzene rings is 2. The molecule has 2 aromatic heterocycles. The van der Waals surface area contributed by atoms with Gasteiger partial charge in [-0.05, 0) is 24.3 Å². The van der Waals surface area contributed by atoms with Crippen molar-refractivity contribution in [1.82, 2.24) is 0 Å². The van der Waals surface area contributed by atoms with Gasteiger partial charge in [0.2, 0.25) is 0 Å². The Kier molecular flexibility index (Phi) is 16.1. The first-order chi connectivity index (χ1) is 16.2. The number of carbonyl (C=O) groups excluding carboxylic acids is 2. The second-order valence-corrected chi connectivity index (χ2v) is 7.06. The maximum absolute atomic E-state index is 12.3. The summed E-state index contributed by atoms with van der Waals surface area (Å²) in [5, 5.41) is 32.1. The quantitative estimate of drug-likeness (QED) is 0.195. The summed E-state index contributed by atoms with van der Waals surface area (Å²) in [5.41, 5.74) is -1.40. The summed E-state index contributed by atoms with van der Waals surface area (Å²) in [6, 6.07) is 10.1. The van der Waals surface area contributed by atoms with E-state index < -0.39 is 40.4 Å². The van der Waals surface area contributed by atoms with Crippen LogP contribution in [-0.4, -0.2) is 52.8 Å². The molecule has 0 aliphatic carbocycles. The van der Waals surface area contributed by atoms with E-state index in [4.69, 9.17) is 18.3 Å². The molecule has 0 aliphatic heterocycles. The average molecular weight is 566 g/mol. The summed E-state index contributed by atoms with van der Waals surface area (Å²) < 4.78 is 21.2. The van der Waals surface area contributed by atoms with Gasteiger partial charge in [-0.25, -0.2) is 0 Å². The van der Waals surface area contributed by atoms with Crippen LogP contribution >= 0.6 is 0 Å². The largest absolute Gasteiger partial charge is 1.00 e. The third kappa shape index (κ3) is 8.61. The minimum atomic E-state index is -1.64. The number of hydrogen-bond acceptors (Lipinski definition) is 11. The van der Waals surface area contributed by atoms with Crippen molar-refractivity contribution in [3.8, 4) is 11.5 Å². The molecule has 0 atom stereocenters. The fourth-order valence-corrected chi connectivity index (χ4v) is 3.22. The Balaban J connectivity index is 0. The second-order valence-electron chi connectivity index (χ2n) is 7.06. The van der Waals surface area contributed by atoms with Gasteiger partial charge in [0.15, 0.2) is 22.4 Å². The first kappa shape index (κ1) is 38.4. The van der Waals surface area contributed by atoms with Gasteiger partial charge in [0.05, 0.1) is 0 Å². The predicted octanol–water partition coefficient (Wildman–Crippen LogP) is -9.02. The third-order valence-electron chi connectivity index (χ3n) is 4.70. The molecule has 16 heteroatoms. The van der Waals surface area contributed by atoms with Gasteiger partial charge in [-0.2, -0.15) is 0 Å². The van der Waals surface area contributed by atoms with Crippen LogP contribution in [0, 0.1) is 0 Å². The number of ether oxygens (including phenoxy) is 2. The molecule has 14 nitrogen and oxygen atoms in total. The maximum Gasteiger partial charge on any atom is 1.00 e. The molecule has 0 saturated heterocycles. The Hall–Kier alpha value is -2.76. The van der Waals surface area contributed by atoms with Crippen LogP contribution in [0.3, 0.4) is 0 Å². The van der Waals surface area contributed by atoms with Gasteiger partial charge in [-0.3, -0.25) is 9.59 Å². The number of aliphatic hydroxyl groups is 1. The van der Waals surface area contributed by atoms with Crippen LogP contribution in [0.4, 0.5) is 0 Å². The van der Waals surface area contributed by atoms with E-state index in [1.54, 1.807) is 0 Å². The maximum atomic E-state index is 12.3. The van der Waals surface area contributed by atoms with Crippen LogP contribution in [0.5, 0.6) is 11.5 Å². The smallest absolute Gasteiger partial charge is 0.542 e. The van der Waals surface area contributed by atoms with Crippen LogP contribution in [0.1, 0.15) is 21.1 Å². The molecule has 7 N–H and O–H groups in total. The zero-order valence-electron chi connectivity index (χ0n) is 20.6. The second kappa shape index (κ2) is 16.4. The first-order valence-corrected chi connectivity index (χ1v) is 9.74. The van der Waals surface area contributed by atoms with Crippen molar-refractivity contribution < 1.29 is 119 Å². The molecular weight excluding hydrogens is 546 g/mol. The van der Waals surface area contributed by atoms with E-state index in [0.717, 1.165) is 12.1 Å². The van der Waals surface area contributed by atoms with Crippen molar-refractivity contribution in [3.63, 3.8) is 0 Å². The standard InChI is InChI=1S/C23H16O11.2Na.3H2O/c24-11(9-31-14-3-1-5-16-20(14)12(25)7-18(33-16)22(27)28)10-32-15-4-2-6-17-21(15)13(26)8-19(34-17)23(29)30;;;;;/h1-8,11,24H,9-10H2,(H,27,28)(H,29,30);;;3*1H2/q;2*+1;;;/p-2. The topological polar surface area (TPSA) is 274 Å². The number of hydrogen-bond donors (Lipinski definition) is 1. The van der Waals surface area contributed by atoms with Crippen LogP contribution in [0.2, 0.25) is 0 Å². The van der Waals surface area contributed by atoms with E-state index in [-0.39, 0.29) is 122 Å². The fourth-order valence-electron chi connectivity index (χ4n) is 3.22. The van der Waals surface area contributed by atoms with Gasteiger partial charge < -0.3 is 59.6 Å². The van der Waals surface area contributed by atoms with Gasteiger partial charge in [0.1, 0.15) is 64.7 Å². The van der Waals surface area contributed by atoms with E-state index >= 15 is 0 Å². The molecule has 4 aromatic rings. The zero-order chi connectivity index (χ0) is 24.4. The van der Waals surface area contributed by atoms with Gasteiger partial charge >= 0.3 is 59.1 Å². The van der Waals surface area contributed by atoms with Crippen molar-refractivity contribution in [2.45, 2.75) is 6.10 Å². The van der Waals surface area contributed by atoms with Gasteiger partial charge in [-0.15, -0.1) is 0 Å². The molecule has 4 rings (SSSR count). The number of aromatic carboxylic acids is 2. The summed E-state index contributed by atoms with van der Waals surface area (Å²) in [4.78, 5) is 46.5. The fraction of sp³-hybridized carbons (Fsp3) is 0.130. The van der Waals surface area contributed by atoms with Crippen LogP contribution < -0.4 is 89.7 Å². The summed E-state index contributed by atoms with van der Waals surface area (Å²) in [5.74, 6) is -4.44. The summed E-state index contributed by atoms with van der Waals surface area (Å²) in [6.45, 7) is -0.649. The van der Waals surface area contributed by atoms with E-state index in [9.17, 15) is 34.5 Å². The number of carboxylic acids is 2. The van der Waals surface area contributed by atoms with E-state index in [0.29, 0.717) is 0 Å². The van der Waals surface area contributed by atoms with Crippen molar-refractivity contribution in [3.05, 3.63) is 80.5 Å². The summed E-state index contributed by atoms with van der Waals surface area (Å²) in [6.07, 6.45) is -1.21. The SMILES string of the molecule is O.O.O.O=C([O-])c1cc(=O)c2c(OCC(O)COc3cccc4oc(C(=O)[O-])cc(=O)c34)cccc2o1.[Na+].[Na+]. The van der Waals surface area contributed by atoms with Gasteiger partial charge in [-0.1, -0.05) is 12.1 Å². The molecule has 198 valence electrons. The third-order valence-corrected chi connectivity index (χ3v) is 4.70. The molecule has 39 heavy (non-hydrogen) atoms. The van der Waals surface area contributed by atoms with Crippen LogP contribution in [-0.2, 0) is 0 Å². The Morgan fingerprint density at radius 2 is 1.10 bits per heavy atom. The molecule has 0 bridgehead atoms. The Morgan fingerprint density at radius 3 is 1.44 bits per heavy atom. The monoisotopic (exact) mass is 566 g/mol. The van der Waals surface area contributed by atoms with E-state index in [1.807, 2.05) is 0 Å². The molecule has 0 saturated carbocycles.